The zero-order valence-corrected chi connectivity index (χ0v) is 9.43. The van der Waals surface area contributed by atoms with Gasteiger partial charge in [0.15, 0.2) is 0 Å². The molecule has 88 valence electrons. The molecule has 1 aliphatic heterocycles. The number of rotatable bonds is 2. The minimum absolute atomic E-state index is 0.0263. The fourth-order valence-corrected chi connectivity index (χ4v) is 2.88. The molecule has 0 amide bonds. The predicted molar refractivity (Wildman–Crippen MR) is 58.6 cm³/mol. The molecule has 15 heavy (non-hydrogen) atoms. The molecular formula is C11H22N2O2. The van der Waals surface area contributed by atoms with Gasteiger partial charge in [0.1, 0.15) is 0 Å². The highest BCUT2D eigenvalue weighted by Gasteiger charge is 2.34. The first-order valence-electron chi connectivity index (χ1n) is 5.96. The third-order valence-electron chi connectivity index (χ3n) is 3.56. The van der Waals surface area contributed by atoms with Crippen molar-refractivity contribution in [3.05, 3.63) is 0 Å². The molecule has 0 spiro atoms. The smallest absolute Gasteiger partial charge is 0.0936 e. The molecule has 0 aromatic rings. The number of nitrogens with two attached hydrogens (primary N) is 1. The highest BCUT2D eigenvalue weighted by molar-refractivity contribution is 4.91. The molecule has 2 fully saturated rings. The van der Waals surface area contributed by atoms with Crippen LogP contribution in [0, 0.1) is 0 Å². The van der Waals surface area contributed by atoms with Crippen molar-refractivity contribution in [3.63, 3.8) is 0 Å². The van der Waals surface area contributed by atoms with Crippen LogP contribution in [0.15, 0.2) is 0 Å². The molecule has 1 saturated heterocycles. The Morgan fingerprint density at radius 3 is 2.80 bits per heavy atom. The lowest BCUT2D eigenvalue weighted by molar-refractivity contribution is -0.106. The number of hydrogen-bond acceptors (Lipinski definition) is 4. The maximum atomic E-state index is 9.15. The minimum atomic E-state index is -0.0263. The first kappa shape index (κ1) is 11.3. The zero-order chi connectivity index (χ0) is 10.8. The second kappa shape index (κ2) is 4.78. The summed E-state index contributed by atoms with van der Waals surface area (Å²) in [5, 5.41) is 9.15. The van der Waals surface area contributed by atoms with Gasteiger partial charge >= 0.3 is 0 Å². The van der Waals surface area contributed by atoms with E-state index in [9.17, 15) is 0 Å². The zero-order valence-electron chi connectivity index (χ0n) is 9.43. The van der Waals surface area contributed by atoms with E-state index in [1.807, 2.05) is 0 Å². The van der Waals surface area contributed by atoms with Gasteiger partial charge in [-0.05, 0) is 19.8 Å². The molecule has 0 radical (unpaired) electrons. The Hall–Kier alpha value is -0.160. The lowest BCUT2D eigenvalue weighted by atomic mass is 10.1. The Balaban J connectivity index is 1.95. The molecule has 4 atom stereocenters. The molecule has 4 heteroatoms. The summed E-state index contributed by atoms with van der Waals surface area (Å²) in [6.07, 6.45) is 3.76. The van der Waals surface area contributed by atoms with Crippen LogP contribution in [0.1, 0.15) is 26.2 Å². The van der Waals surface area contributed by atoms with Crippen molar-refractivity contribution in [1.29, 1.82) is 0 Å². The summed E-state index contributed by atoms with van der Waals surface area (Å²) in [6, 6.07) is 0.819. The van der Waals surface area contributed by atoms with Gasteiger partial charge in [-0.1, -0.05) is 6.42 Å². The van der Waals surface area contributed by atoms with Gasteiger partial charge in [0.05, 0.1) is 18.8 Å². The molecule has 1 saturated carbocycles. The molecule has 4 unspecified atom stereocenters. The Kier molecular flexibility index (Phi) is 3.61. The number of nitrogens with zero attached hydrogens (tertiary/aromatic N) is 1. The van der Waals surface area contributed by atoms with Gasteiger partial charge in [0.2, 0.25) is 0 Å². The molecule has 0 aromatic carbocycles. The SMILES string of the molecule is CC1CN(C2CCCC2N)CC(CO)O1. The largest absolute Gasteiger partial charge is 0.394 e. The Labute approximate surface area is 91.4 Å². The first-order chi connectivity index (χ1) is 7.20. The predicted octanol–water partition coefficient (Wildman–Crippen LogP) is -0.0522. The van der Waals surface area contributed by atoms with Crippen LogP contribution in [0.5, 0.6) is 0 Å². The molecule has 2 rings (SSSR count). The summed E-state index contributed by atoms with van der Waals surface area (Å²) in [4.78, 5) is 2.41. The molecule has 0 bridgehead atoms. The van der Waals surface area contributed by atoms with Gasteiger partial charge in [0.25, 0.3) is 0 Å². The van der Waals surface area contributed by atoms with Gasteiger partial charge in [-0.2, -0.15) is 0 Å². The Morgan fingerprint density at radius 1 is 1.40 bits per heavy atom. The van der Waals surface area contributed by atoms with E-state index >= 15 is 0 Å². The van der Waals surface area contributed by atoms with Crippen molar-refractivity contribution in [3.8, 4) is 0 Å². The highest BCUT2D eigenvalue weighted by Crippen LogP contribution is 2.25. The average molecular weight is 214 g/mol. The van der Waals surface area contributed by atoms with Crippen LogP contribution in [-0.4, -0.2) is 54.0 Å². The third kappa shape index (κ3) is 2.50. The molecular weight excluding hydrogens is 192 g/mol. The van der Waals surface area contributed by atoms with Crippen molar-refractivity contribution in [1.82, 2.24) is 4.90 Å². The third-order valence-corrected chi connectivity index (χ3v) is 3.56. The maximum Gasteiger partial charge on any atom is 0.0936 e. The van der Waals surface area contributed by atoms with Crippen molar-refractivity contribution in [2.24, 2.45) is 5.73 Å². The van der Waals surface area contributed by atoms with Crippen LogP contribution >= 0.6 is 0 Å². The summed E-state index contributed by atoms with van der Waals surface area (Å²) >= 11 is 0. The molecule has 3 N–H and O–H groups in total. The van der Waals surface area contributed by atoms with Crippen LogP contribution in [0.2, 0.25) is 0 Å². The molecule has 2 aliphatic rings. The van der Waals surface area contributed by atoms with Crippen LogP contribution in [-0.2, 0) is 4.74 Å². The van der Waals surface area contributed by atoms with E-state index in [-0.39, 0.29) is 18.8 Å². The summed E-state index contributed by atoms with van der Waals surface area (Å²) < 4.78 is 5.63. The number of ether oxygens (including phenoxy) is 1. The number of aliphatic hydroxyl groups excluding tert-OH is 1. The lowest BCUT2D eigenvalue weighted by Gasteiger charge is -2.40. The van der Waals surface area contributed by atoms with Crippen LogP contribution in [0.4, 0.5) is 0 Å². The van der Waals surface area contributed by atoms with Crippen molar-refractivity contribution < 1.29 is 9.84 Å². The van der Waals surface area contributed by atoms with Crippen LogP contribution in [0.3, 0.4) is 0 Å². The van der Waals surface area contributed by atoms with Gasteiger partial charge in [0, 0.05) is 25.2 Å². The Bertz CT molecular complexity index is 213. The van der Waals surface area contributed by atoms with Gasteiger partial charge < -0.3 is 15.6 Å². The number of morpholine rings is 1. The van der Waals surface area contributed by atoms with E-state index in [0.717, 1.165) is 19.5 Å². The van der Waals surface area contributed by atoms with E-state index in [1.54, 1.807) is 0 Å². The van der Waals surface area contributed by atoms with Crippen molar-refractivity contribution in [2.45, 2.75) is 50.5 Å². The summed E-state index contributed by atoms with van der Waals surface area (Å²) in [5.74, 6) is 0. The van der Waals surface area contributed by atoms with Crippen LogP contribution < -0.4 is 5.73 Å². The lowest BCUT2D eigenvalue weighted by Crippen LogP contribution is -2.55. The molecule has 1 heterocycles. The normalized spacial score (nSPS) is 43.4. The maximum absolute atomic E-state index is 9.15. The highest BCUT2D eigenvalue weighted by atomic mass is 16.5. The van der Waals surface area contributed by atoms with E-state index < -0.39 is 0 Å². The monoisotopic (exact) mass is 214 g/mol. The van der Waals surface area contributed by atoms with E-state index in [2.05, 4.69) is 11.8 Å². The number of hydrogen-bond donors (Lipinski definition) is 2. The molecule has 0 aromatic heterocycles. The summed E-state index contributed by atoms with van der Waals surface area (Å²) in [7, 11) is 0. The topological polar surface area (TPSA) is 58.7 Å². The van der Waals surface area contributed by atoms with Gasteiger partial charge in [-0.15, -0.1) is 0 Å². The summed E-state index contributed by atoms with van der Waals surface area (Å²) in [6.45, 7) is 3.96. The second-order valence-electron chi connectivity index (χ2n) is 4.87. The average Bonchev–Trinajstić information content (AvgIpc) is 2.63. The number of aliphatic hydroxyl groups is 1. The summed E-state index contributed by atoms with van der Waals surface area (Å²) in [5.41, 5.74) is 6.10. The van der Waals surface area contributed by atoms with E-state index in [4.69, 9.17) is 15.6 Å². The van der Waals surface area contributed by atoms with Crippen molar-refractivity contribution in [2.75, 3.05) is 19.7 Å². The van der Waals surface area contributed by atoms with Gasteiger partial charge in [-0.25, -0.2) is 0 Å². The first-order valence-corrected chi connectivity index (χ1v) is 5.96. The standard InChI is InChI=1S/C11H22N2O2/c1-8-5-13(6-9(7-14)15-8)11-4-2-3-10(11)12/h8-11,14H,2-7,12H2,1H3. The minimum Gasteiger partial charge on any atom is -0.394 e. The van der Waals surface area contributed by atoms with Crippen LogP contribution in [0.25, 0.3) is 0 Å². The fraction of sp³-hybridized carbons (Fsp3) is 1.00. The van der Waals surface area contributed by atoms with E-state index in [0.29, 0.717) is 12.1 Å². The molecule has 1 aliphatic carbocycles. The Morgan fingerprint density at radius 2 is 2.20 bits per heavy atom. The molecule has 4 nitrogen and oxygen atoms in total. The van der Waals surface area contributed by atoms with Gasteiger partial charge in [-0.3, -0.25) is 4.90 Å². The van der Waals surface area contributed by atoms with E-state index in [1.165, 1.54) is 12.8 Å². The second-order valence-corrected chi connectivity index (χ2v) is 4.87. The van der Waals surface area contributed by atoms with Crippen molar-refractivity contribution >= 4 is 0 Å². The fourth-order valence-electron chi connectivity index (χ4n) is 2.88. The quantitative estimate of drug-likeness (QED) is 0.676.